The standard InChI is InChI=1S/C25H32N2O5/c1-17-23(15-27-10-12-30-13-11-27)31-25(21-4-3-5-22(14-21)26-18(2)29)32-24(17)20-8-6-19(16-28)7-9-20/h3-9,14,17,23-25,28H,10-13,15-16H2,1-2H3,(H,26,29). The van der Waals surface area contributed by atoms with Crippen molar-refractivity contribution in [2.45, 2.75) is 39.0 Å². The molecule has 4 unspecified atom stereocenters. The second kappa shape index (κ2) is 10.6. The van der Waals surface area contributed by atoms with Crippen LogP contribution in [0.4, 0.5) is 5.69 Å². The molecule has 4 atom stereocenters. The summed E-state index contributed by atoms with van der Waals surface area (Å²) in [5, 5.41) is 12.2. The number of aliphatic hydroxyl groups excluding tert-OH is 1. The van der Waals surface area contributed by atoms with Crippen LogP contribution in [0.2, 0.25) is 0 Å². The number of carbonyl (C=O) groups excluding carboxylic acids is 1. The monoisotopic (exact) mass is 440 g/mol. The largest absolute Gasteiger partial charge is 0.392 e. The lowest BCUT2D eigenvalue weighted by Crippen LogP contribution is -2.47. The molecule has 2 aromatic rings. The number of morpholine rings is 1. The number of hydrogen-bond acceptors (Lipinski definition) is 6. The summed E-state index contributed by atoms with van der Waals surface area (Å²) >= 11 is 0. The molecular formula is C25H32N2O5. The van der Waals surface area contributed by atoms with Gasteiger partial charge in [-0.15, -0.1) is 0 Å². The van der Waals surface area contributed by atoms with Crippen molar-refractivity contribution < 1.29 is 24.1 Å². The van der Waals surface area contributed by atoms with Gasteiger partial charge >= 0.3 is 0 Å². The number of amides is 1. The highest BCUT2D eigenvalue weighted by atomic mass is 16.7. The van der Waals surface area contributed by atoms with Crippen molar-refractivity contribution in [1.82, 2.24) is 4.90 Å². The number of carbonyl (C=O) groups is 1. The Kier molecular flexibility index (Phi) is 7.55. The Morgan fingerprint density at radius 3 is 2.53 bits per heavy atom. The smallest absolute Gasteiger partial charge is 0.221 e. The summed E-state index contributed by atoms with van der Waals surface area (Å²) in [6, 6.07) is 15.5. The van der Waals surface area contributed by atoms with Crippen LogP contribution >= 0.6 is 0 Å². The minimum absolute atomic E-state index is 0.0166. The Balaban J connectivity index is 1.60. The molecule has 7 nitrogen and oxygen atoms in total. The predicted molar refractivity (Wildman–Crippen MR) is 121 cm³/mol. The van der Waals surface area contributed by atoms with Crippen LogP contribution in [0.15, 0.2) is 48.5 Å². The van der Waals surface area contributed by atoms with Gasteiger partial charge in [0.1, 0.15) is 0 Å². The van der Waals surface area contributed by atoms with Crippen molar-refractivity contribution >= 4 is 11.6 Å². The van der Waals surface area contributed by atoms with E-state index < -0.39 is 6.29 Å². The number of benzene rings is 2. The first kappa shape index (κ1) is 22.9. The van der Waals surface area contributed by atoms with Gasteiger partial charge in [-0.2, -0.15) is 0 Å². The summed E-state index contributed by atoms with van der Waals surface area (Å²) in [5.41, 5.74) is 3.52. The quantitative estimate of drug-likeness (QED) is 0.718. The van der Waals surface area contributed by atoms with E-state index in [-0.39, 0.29) is 30.6 Å². The van der Waals surface area contributed by atoms with E-state index in [1.54, 1.807) is 0 Å². The van der Waals surface area contributed by atoms with Crippen molar-refractivity contribution in [3.63, 3.8) is 0 Å². The van der Waals surface area contributed by atoms with Crippen molar-refractivity contribution in [2.75, 3.05) is 38.2 Å². The summed E-state index contributed by atoms with van der Waals surface area (Å²) < 4.78 is 18.5. The Morgan fingerprint density at radius 1 is 1.09 bits per heavy atom. The van der Waals surface area contributed by atoms with Crippen LogP contribution in [0.5, 0.6) is 0 Å². The molecule has 2 aliphatic heterocycles. The molecule has 0 bridgehead atoms. The van der Waals surface area contributed by atoms with Gasteiger partial charge in [0.15, 0.2) is 6.29 Å². The number of ether oxygens (including phenoxy) is 3. The van der Waals surface area contributed by atoms with E-state index in [0.29, 0.717) is 0 Å². The molecule has 2 aromatic carbocycles. The number of anilines is 1. The highest BCUT2D eigenvalue weighted by molar-refractivity contribution is 5.88. The lowest BCUT2D eigenvalue weighted by molar-refractivity contribution is -0.277. The maximum Gasteiger partial charge on any atom is 0.221 e. The highest BCUT2D eigenvalue weighted by Gasteiger charge is 2.39. The van der Waals surface area contributed by atoms with Crippen LogP contribution in [-0.2, 0) is 25.6 Å². The Hall–Kier alpha value is -2.29. The first-order chi connectivity index (χ1) is 15.5. The van der Waals surface area contributed by atoms with E-state index in [1.807, 2.05) is 48.5 Å². The molecule has 2 N–H and O–H groups in total. The van der Waals surface area contributed by atoms with Crippen molar-refractivity contribution in [1.29, 1.82) is 0 Å². The zero-order valence-corrected chi connectivity index (χ0v) is 18.7. The summed E-state index contributed by atoms with van der Waals surface area (Å²) in [6.45, 7) is 7.76. The number of hydrogen-bond donors (Lipinski definition) is 2. The van der Waals surface area contributed by atoms with Gasteiger partial charge in [-0.3, -0.25) is 9.69 Å². The molecule has 0 saturated carbocycles. The van der Waals surface area contributed by atoms with E-state index >= 15 is 0 Å². The van der Waals surface area contributed by atoms with Crippen LogP contribution in [0.1, 0.15) is 42.9 Å². The summed E-state index contributed by atoms with van der Waals surface area (Å²) in [4.78, 5) is 13.9. The molecule has 0 radical (unpaired) electrons. The van der Waals surface area contributed by atoms with Crippen LogP contribution < -0.4 is 5.32 Å². The van der Waals surface area contributed by atoms with Gasteiger partial charge in [0.05, 0.1) is 32.0 Å². The highest BCUT2D eigenvalue weighted by Crippen LogP contribution is 2.42. The van der Waals surface area contributed by atoms with E-state index in [2.05, 4.69) is 17.1 Å². The molecule has 0 spiro atoms. The Bertz CT molecular complexity index is 897. The van der Waals surface area contributed by atoms with Gasteiger partial charge in [0, 0.05) is 43.7 Å². The molecule has 4 rings (SSSR count). The molecular weight excluding hydrogens is 408 g/mol. The van der Waals surface area contributed by atoms with Crippen molar-refractivity contribution in [3.05, 3.63) is 65.2 Å². The molecule has 0 aromatic heterocycles. The number of aliphatic hydroxyl groups is 1. The third-order valence-corrected chi connectivity index (χ3v) is 6.14. The van der Waals surface area contributed by atoms with Crippen LogP contribution in [0.3, 0.4) is 0 Å². The first-order valence-electron chi connectivity index (χ1n) is 11.2. The Morgan fingerprint density at radius 2 is 1.84 bits per heavy atom. The van der Waals surface area contributed by atoms with E-state index in [0.717, 1.165) is 55.2 Å². The number of rotatable bonds is 6. The average molecular weight is 441 g/mol. The lowest BCUT2D eigenvalue weighted by atomic mass is 9.90. The van der Waals surface area contributed by atoms with E-state index in [1.165, 1.54) is 6.92 Å². The Labute approximate surface area is 189 Å². The number of nitrogens with zero attached hydrogens (tertiary/aromatic N) is 1. The van der Waals surface area contributed by atoms with Gasteiger partial charge in [-0.05, 0) is 23.3 Å². The molecule has 7 heteroatoms. The third kappa shape index (κ3) is 5.54. The molecule has 0 aliphatic carbocycles. The topological polar surface area (TPSA) is 80.3 Å². The minimum Gasteiger partial charge on any atom is -0.392 e. The summed E-state index contributed by atoms with van der Waals surface area (Å²) in [6.07, 6.45) is -0.732. The second-order valence-corrected chi connectivity index (χ2v) is 8.54. The van der Waals surface area contributed by atoms with Gasteiger partial charge in [0.25, 0.3) is 0 Å². The molecule has 1 amide bonds. The van der Waals surface area contributed by atoms with Gasteiger partial charge in [-0.25, -0.2) is 0 Å². The van der Waals surface area contributed by atoms with Crippen LogP contribution in [0.25, 0.3) is 0 Å². The zero-order valence-electron chi connectivity index (χ0n) is 18.7. The molecule has 32 heavy (non-hydrogen) atoms. The lowest BCUT2D eigenvalue weighted by Gasteiger charge is -2.43. The maximum absolute atomic E-state index is 11.5. The van der Waals surface area contributed by atoms with Gasteiger partial charge in [0.2, 0.25) is 5.91 Å². The van der Waals surface area contributed by atoms with Crippen molar-refractivity contribution in [3.8, 4) is 0 Å². The summed E-state index contributed by atoms with van der Waals surface area (Å²) in [5.74, 6) is 0.0147. The zero-order chi connectivity index (χ0) is 22.5. The normalized spacial score (nSPS) is 26.6. The molecule has 2 heterocycles. The van der Waals surface area contributed by atoms with Crippen LogP contribution in [0, 0.1) is 5.92 Å². The number of nitrogens with one attached hydrogen (secondary N) is 1. The van der Waals surface area contributed by atoms with E-state index in [9.17, 15) is 9.90 Å². The van der Waals surface area contributed by atoms with Crippen molar-refractivity contribution in [2.24, 2.45) is 5.92 Å². The SMILES string of the molecule is CC(=O)Nc1cccc(C2OC(CN3CCOCC3)C(C)C(c3ccc(CO)cc3)O2)c1. The molecule has 172 valence electrons. The van der Waals surface area contributed by atoms with Crippen LogP contribution in [-0.4, -0.2) is 54.9 Å². The fourth-order valence-corrected chi connectivity index (χ4v) is 4.33. The fraction of sp³-hybridized carbons (Fsp3) is 0.480. The fourth-order valence-electron chi connectivity index (χ4n) is 4.33. The third-order valence-electron chi connectivity index (χ3n) is 6.14. The first-order valence-corrected chi connectivity index (χ1v) is 11.2. The minimum atomic E-state index is -0.548. The molecule has 2 fully saturated rings. The molecule has 2 aliphatic rings. The second-order valence-electron chi connectivity index (χ2n) is 8.54. The van der Waals surface area contributed by atoms with E-state index in [4.69, 9.17) is 14.2 Å². The maximum atomic E-state index is 11.5. The average Bonchev–Trinajstić information content (AvgIpc) is 2.81. The van der Waals surface area contributed by atoms with Gasteiger partial charge < -0.3 is 24.6 Å². The summed E-state index contributed by atoms with van der Waals surface area (Å²) in [7, 11) is 0. The van der Waals surface area contributed by atoms with Gasteiger partial charge in [-0.1, -0.05) is 43.3 Å². The predicted octanol–water partition coefficient (Wildman–Crippen LogP) is 3.26. The molecule has 2 saturated heterocycles.